The van der Waals surface area contributed by atoms with E-state index in [2.05, 4.69) is 19.7 Å². The van der Waals surface area contributed by atoms with Crippen LogP contribution in [0.15, 0.2) is 30.6 Å². The molecular formula is C19H24N4O5. The van der Waals surface area contributed by atoms with Crippen LogP contribution in [0.2, 0.25) is 0 Å². The largest absolute Gasteiger partial charge is 0.497 e. The molecule has 28 heavy (non-hydrogen) atoms. The molecule has 0 aliphatic carbocycles. The number of H-pyrrole nitrogens is 1. The number of aliphatic hydroxyl groups is 1. The SMILES string of the molecule is COc1ccc2[nH]nc(-c3nccn3CC3(CO)CCOCC3)c2c1.O=CO. The number of hydrogen-bond donors (Lipinski definition) is 3. The van der Waals surface area contributed by atoms with E-state index in [1.54, 1.807) is 13.3 Å². The molecule has 1 fully saturated rings. The van der Waals surface area contributed by atoms with Crippen LogP contribution in [0.1, 0.15) is 12.8 Å². The molecule has 0 bridgehead atoms. The molecule has 0 saturated carbocycles. The molecule has 0 radical (unpaired) electrons. The average molecular weight is 388 g/mol. The van der Waals surface area contributed by atoms with Crippen LogP contribution in [0.3, 0.4) is 0 Å². The van der Waals surface area contributed by atoms with Crippen LogP contribution in [0.5, 0.6) is 5.75 Å². The van der Waals surface area contributed by atoms with Crippen LogP contribution in [0.4, 0.5) is 0 Å². The van der Waals surface area contributed by atoms with Crippen LogP contribution in [-0.4, -0.2) is 63.4 Å². The molecule has 0 amide bonds. The summed E-state index contributed by atoms with van der Waals surface area (Å²) in [6, 6.07) is 5.81. The molecule has 0 atom stereocenters. The normalized spacial score (nSPS) is 15.6. The third-order valence-electron chi connectivity index (χ3n) is 5.09. The fraction of sp³-hybridized carbons (Fsp3) is 0.421. The summed E-state index contributed by atoms with van der Waals surface area (Å²) in [7, 11) is 1.65. The van der Waals surface area contributed by atoms with Gasteiger partial charge in [0.25, 0.3) is 6.47 Å². The van der Waals surface area contributed by atoms with Gasteiger partial charge in [0.1, 0.15) is 11.4 Å². The lowest BCUT2D eigenvalue weighted by molar-refractivity contribution is -0.122. The zero-order valence-corrected chi connectivity index (χ0v) is 15.7. The number of nitrogens with one attached hydrogen (secondary N) is 1. The first-order chi connectivity index (χ1) is 13.7. The Kier molecular flexibility index (Phi) is 6.27. The average Bonchev–Trinajstić information content (AvgIpc) is 3.35. The van der Waals surface area contributed by atoms with Gasteiger partial charge < -0.3 is 24.3 Å². The zero-order valence-electron chi connectivity index (χ0n) is 15.7. The summed E-state index contributed by atoms with van der Waals surface area (Å²) in [5.74, 6) is 1.57. The van der Waals surface area contributed by atoms with Gasteiger partial charge in [-0.3, -0.25) is 9.89 Å². The fourth-order valence-electron chi connectivity index (χ4n) is 3.48. The van der Waals surface area contributed by atoms with Gasteiger partial charge in [-0.25, -0.2) is 4.98 Å². The van der Waals surface area contributed by atoms with E-state index in [0.717, 1.165) is 41.0 Å². The zero-order chi connectivity index (χ0) is 20.0. The number of benzene rings is 1. The van der Waals surface area contributed by atoms with Gasteiger partial charge >= 0.3 is 0 Å². The Morgan fingerprint density at radius 1 is 1.39 bits per heavy atom. The van der Waals surface area contributed by atoms with Crippen molar-refractivity contribution in [3.05, 3.63) is 30.6 Å². The number of aromatic amines is 1. The minimum atomic E-state index is -0.250. The van der Waals surface area contributed by atoms with Crippen molar-refractivity contribution < 1.29 is 24.5 Å². The third kappa shape index (κ3) is 4.00. The Hall–Kier alpha value is -2.91. The highest BCUT2D eigenvalue weighted by molar-refractivity contribution is 5.92. The quantitative estimate of drug-likeness (QED) is 0.571. The highest BCUT2D eigenvalue weighted by atomic mass is 16.5. The van der Waals surface area contributed by atoms with Crippen molar-refractivity contribution in [2.24, 2.45) is 5.41 Å². The summed E-state index contributed by atoms with van der Waals surface area (Å²) in [5, 5.41) is 25.4. The molecule has 1 aromatic carbocycles. The van der Waals surface area contributed by atoms with Crippen molar-refractivity contribution in [2.75, 3.05) is 26.9 Å². The molecule has 0 unspecified atom stereocenters. The number of aliphatic hydroxyl groups excluding tert-OH is 1. The number of carboxylic acid groups (broad SMARTS) is 1. The number of rotatable bonds is 5. The summed E-state index contributed by atoms with van der Waals surface area (Å²) in [6.07, 6.45) is 5.41. The smallest absolute Gasteiger partial charge is 0.290 e. The Bertz CT molecular complexity index is 914. The van der Waals surface area contributed by atoms with E-state index in [4.69, 9.17) is 19.4 Å². The van der Waals surface area contributed by atoms with Gasteiger partial charge in [-0.1, -0.05) is 0 Å². The first-order valence-corrected chi connectivity index (χ1v) is 8.96. The topological polar surface area (TPSA) is 122 Å². The maximum atomic E-state index is 9.97. The molecular weight excluding hydrogens is 364 g/mol. The monoisotopic (exact) mass is 388 g/mol. The van der Waals surface area contributed by atoms with Crippen molar-refractivity contribution in [1.82, 2.24) is 19.7 Å². The fourth-order valence-corrected chi connectivity index (χ4v) is 3.48. The van der Waals surface area contributed by atoms with E-state index in [1.165, 1.54) is 0 Å². The van der Waals surface area contributed by atoms with Crippen molar-refractivity contribution in [3.8, 4) is 17.3 Å². The highest BCUT2D eigenvalue weighted by Crippen LogP contribution is 2.34. The van der Waals surface area contributed by atoms with Crippen LogP contribution in [0.25, 0.3) is 22.4 Å². The van der Waals surface area contributed by atoms with E-state index < -0.39 is 0 Å². The van der Waals surface area contributed by atoms with Gasteiger partial charge in [0.05, 0.1) is 19.2 Å². The van der Waals surface area contributed by atoms with Crippen molar-refractivity contribution in [1.29, 1.82) is 0 Å². The van der Waals surface area contributed by atoms with Crippen molar-refractivity contribution >= 4 is 17.4 Å². The van der Waals surface area contributed by atoms with E-state index in [9.17, 15) is 5.11 Å². The highest BCUT2D eigenvalue weighted by Gasteiger charge is 2.33. The molecule has 3 heterocycles. The summed E-state index contributed by atoms with van der Waals surface area (Å²) >= 11 is 0. The molecule has 150 valence electrons. The number of imidazole rings is 1. The second kappa shape index (κ2) is 8.85. The van der Waals surface area contributed by atoms with Gasteiger partial charge in [-0.05, 0) is 31.0 Å². The van der Waals surface area contributed by atoms with Crippen molar-refractivity contribution in [3.63, 3.8) is 0 Å². The molecule has 9 heteroatoms. The lowest BCUT2D eigenvalue weighted by Crippen LogP contribution is -2.37. The van der Waals surface area contributed by atoms with E-state index >= 15 is 0 Å². The summed E-state index contributed by atoms with van der Waals surface area (Å²) in [6.45, 7) is 1.96. The molecule has 4 rings (SSSR count). The molecule has 3 N–H and O–H groups in total. The predicted octanol–water partition coefficient (Wildman–Crippen LogP) is 1.92. The third-order valence-corrected chi connectivity index (χ3v) is 5.09. The number of fused-ring (bicyclic) bond motifs is 1. The minimum Gasteiger partial charge on any atom is -0.497 e. The van der Waals surface area contributed by atoms with Gasteiger partial charge in [-0.2, -0.15) is 5.10 Å². The second-order valence-electron chi connectivity index (χ2n) is 6.74. The van der Waals surface area contributed by atoms with E-state index in [-0.39, 0.29) is 18.5 Å². The number of ether oxygens (including phenoxy) is 2. The molecule has 2 aromatic heterocycles. The maximum Gasteiger partial charge on any atom is 0.290 e. The molecule has 0 spiro atoms. The van der Waals surface area contributed by atoms with Crippen molar-refractivity contribution in [2.45, 2.75) is 19.4 Å². The molecule has 1 aliphatic heterocycles. The van der Waals surface area contributed by atoms with E-state index in [0.29, 0.717) is 19.8 Å². The Morgan fingerprint density at radius 2 is 2.14 bits per heavy atom. The van der Waals surface area contributed by atoms with Crippen LogP contribution >= 0.6 is 0 Å². The Morgan fingerprint density at radius 3 is 2.82 bits per heavy atom. The first kappa shape index (κ1) is 19.8. The standard InChI is InChI=1S/C18H22N4O3.CH2O2/c1-24-13-2-3-15-14(10-13)16(21-20-15)17-19-6-7-22(17)11-18(12-23)4-8-25-9-5-18;2-1-3/h2-3,6-7,10,23H,4-5,8-9,11-12H2,1H3,(H,20,21);1H,(H,2,3). The Balaban J connectivity index is 0.000000706. The summed E-state index contributed by atoms with van der Waals surface area (Å²) in [5.41, 5.74) is 1.56. The molecule has 1 aliphatic rings. The van der Waals surface area contributed by atoms with Gasteiger partial charge in [0, 0.05) is 43.0 Å². The molecule has 3 aromatic rings. The Labute approximate surface area is 161 Å². The van der Waals surface area contributed by atoms with E-state index in [1.807, 2.05) is 24.4 Å². The van der Waals surface area contributed by atoms with Crippen LogP contribution in [0, 0.1) is 5.41 Å². The predicted molar refractivity (Wildman–Crippen MR) is 102 cm³/mol. The number of hydrogen-bond acceptors (Lipinski definition) is 6. The van der Waals surface area contributed by atoms with Gasteiger partial charge in [-0.15, -0.1) is 0 Å². The van der Waals surface area contributed by atoms with Gasteiger partial charge in [0.2, 0.25) is 0 Å². The first-order valence-electron chi connectivity index (χ1n) is 8.96. The summed E-state index contributed by atoms with van der Waals surface area (Å²) < 4.78 is 12.9. The lowest BCUT2D eigenvalue weighted by Gasteiger charge is -2.36. The molecule has 9 nitrogen and oxygen atoms in total. The summed E-state index contributed by atoms with van der Waals surface area (Å²) in [4.78, 5) is 12.9. The van der Waals surface area contributed by atoms with Gasteiger partial charge in [0.15, 0.2) is 5.82 Å². The minimum absolute atomic E-state index is 0.142. The number of nitrogens with zero attached hydrogens (tertiary/aromatic N) is 3. The number of aromatic nitrogens is 4. The maximum absolute atomic E-state index is 9.97. The lowest BCUT2D eigenvalue weighted by atomic mass is 9.81. The number of carbonyl (C=O) groups is 1. The molecule has 1 saturated heterocycles. The van der Waals surface area contributed by atoms with Crippen LogP contribution < -0.4 is 4.74 Å². The second-order valence-corrected chi connectivity index (χ2v) is 6.74. The number of methoxy groups -OCH3 is 1. The van der Waals surface area contributed by atoms with Crippen LogP contribution in [-0.2, 0) is 16.1 Å².